The summed E-state index contributed by atoms with van der Waals surface area (Å²) >= 11 is 1.85. The molecular weight excluding hydrogens is 215 g/mol. The fourth-order valence-corrected chi connectivity index (χ4v) is 1.99. The predicted octanol–water partition coefficient (Wildman–Crippen LogP) is 4.25. The Morgan fingerprint density at radius 3 is 1.43 bits per heavy atom. The van der Waals surface area contributed by atoms with E-state index in [1.807, 2.05) is 11.3 Å². The molecule has 0 aromatic carbocycles. The van der Waals surface area contributed by atoms with Gasteiger partial charge in [0.15, 0.2) is 0 Å². The van der Waals surface area contributed by atoms with E-state index in [0.29, 0.717) is 0 Å². The lowest BCUT2D eigenvalue weighted by Crippen LogP contribution is -2.02. The molecule has 0 aliphatic heterocycles. The smallest absolute Gasteiger partial charge is 0.418 e. The lowest BCUT2D eigenvalue weighted by Gasteiger charge is -1.94. The highest BCUT2D eigenvalue weighted by atomic mass is 32.1. The van der Waals surface area contributed by atoms with Crippen molar-refractivity contribution >= 4 is 18.6 Å². The third-order valence-electron chi connectivity index (χ3n) is 1.18. The van der Waals surface area contributed by atoms with Crippen molar-refractivity contribution in [2.45, 2.75) is 20.8 Å². The van der Waals surface area contributed by atoms with Crippen LogP contribution in [-0.4, -0.2) is 7.25 Å². The molecule has 80 valence electrons. The van der Waals surface area contributed by atoms with E-state index in [2.05, 4.69) is 32.9 Å². The van der Waals surface area contributed by atoms with Gasteiger partial charge < -0.3 is 17.3 Å². The molecule has 0 saturated heterocycles. The minimum atomic E-state index is -6.00. The molecule has 0 radical (unpaired) electrons. The molecule has 6 heteroatoms. The van der Waals surface area contributed by atoms with Gasteiger partial charge >= 0.3 is 7.25 Å². The molecule has 1 rings (SSSR count). The van der Waals surface area contributed by atoms with Crippen LogP contribution >= 0.6 is 11.3 Å². The first-order valence-electron chi connectivity index (χ1n) is 3.94. The molecule has 1 aromatic heterocycles. The van der Waals surface area contributed by atoms with Gasteiger partial charge in [-0.05, 0) is 12.5 Å². The zero-order chi connectivity index (χ0) is 11.4. The predicted molar refractivity (Wildman–Crippen MR) is 53.1 cm³/mol. The maximum absolute atomic E-state index is 9.75. The molecular formula is C8H11BF4S. The molecule has 0 saturated carbocycles. The monoisotopic (exact) mass is 226 g/mol. The van der Waals surface area contributed by atoms with Gasteiger partial charge in [0.05, 0.1) is 0 Å². The van der Waals surface area contributed by atoms with E-state index < -0.39 is 7.25 Å². The van der Waals surface area contributed by atoms with Crippen molar-refractivity contribution in [2.75, 3.05) is 0 Å². The van der Waals surface area contributed by atoms with Crippen molar-refractivity contribution < 1.29 is 17.3 Å². The highest BCUT2D eigenvalue weighted by molar-refractivity contribution is 7.11. The van der Waals surface area contributed by atoms with Crippen LogP contribution in [0.15, 0.2) is 12.1 Å². The normalized spacial score (nSPS) is 10.5. The second-order valence-electron chi connectivity index (χ2n) is 2.85. The van der Waals surface area contributed by atoms with Gasteiger partial charge in [-0.2, -0.15) is 0 Å². The highest BCUT2D eigenvalue weighted by Crippen LogP contribution is 2.13. The van der Waals surface area contributed by atoms with Gasteiger partial charge in [-0.25, -0.2) is 0 Å². The van der Waals surface area contributed by atoms with Gasteiger partial charge in [0, 0.05) is 26.0 Å². The van der Waals surface area contributed by atoms with Gasteiger partial charge in [-0.3, -0.25) is 0 Å². The molecule has 0 aliphatic rings. The summed E-state index contributed by atoms with van der Waals surface area (Å²) in [6.07, 6.45) is 0. The average Bonchev–Trinajstić information content (AvgIpc) is 1.77. The van der Waals surface area contributed by atoms with E-state index >= 15 is 0 Å². The van der Waals surface area contributed by atoms with Crippen LogP contribution in [0.1, 0.15) is 15.3 Å². The summed E-state index contributed by atoms with van der Waals surface area (Å²) in [5.74, 6) is 0. The molecule has 0 N–H and O–H groups in total. The summed E-state index contributed by atoms with van der Waals surface area (Å²) in [6, 6.07) is 4.41. The SMILES string of the molecule is Cc1cc(C)[s+]c(C)c1.F[B-](F)(F)F. The first-order valence-corrected chi connectivity index (χ1v) is 4.75. The maximum Gasteiger partial charge on any atom is 0.673 e. The van der Waals surface area contributed by atoms with Crippen molar-refractivity contribution in [3.63, 3.8) is 0 Å². The van der Waals surface area contributed by atoms with Crippen LogP contribution in [0, 0.1) is 20.8 Å². The Bertz CT molecular complexity index is 241. The van der Waals surface area contributed by atoms with E-state index in [9.17, 15) is 17.3 Å². The fraction of sp³-hybridized carbons (Fsp3) is 0.375. The molecule has 1 heterocycles. The molecule has 0 atom stereocenters. The Labute approximate surface area is 84.7 Å². The zero-order valence-electron chi connectivity index (χ0n) is 8.15. The first-order chi connectivity index (χ1) is 6.18. The Morgan fingerprint density at radius 1 is 0.929 bits per heavy atom. The van der Waals surface area contributed by atoms with E-state index in [4.69, 9.17) is 0 Å². The summed E-state index contributed by atoms with van der Waals surface area (Å²) in [6.45, 7) is 6.42. The van der Waals surface area contributed by atoms with Crippen molar-refractivity contribution in [1.29, 1.82) is 0 Å². The summed E-state index contributed by atoms with van der Waals surface area (Å²) < 4.78 is 39.0. The number of halogens is 4. The van der Waals surface area contributed by atoms with Crippen LogP contribution < -0.4 is 0 Å². The van der Waals surface area contributed by atoms with Crippen LogP contribution in [-0.2, 0) is 0 Å². The molecule has 1 aromatic rings. The largest absolute Gasteiger partial charge is 0.673 e. The second kappa shape index (κ2) is 5.29. The van der Waals surface area contributed by atoms with Crippen LogP contribution in [0.2, 0.25) is 0 Å². The lowest BCUT2D eigenvalue weighted by molar-refractivity contribution is 0.368. The number of hydrogen-bond acceptors (Lipinski definition) is 0. The van der Waals surface area contributed by atoms with Crippen molar-refractivity contribution in [3.8, 4) is 0 Å². The van der Waals surface area contributed by atoms with Gasteiger partial charge in [-0.15, -0.1) is 0 Å². The topological polar surface area (TPSA) is 0 Å². The second-order valence-corrected chi connectivity index (χ2v) is 4.34. The minimum absolute atomic E-state index is 1.36. The van der Waals surface area contributed by atoms with Gasteiger partial charge in [-0.1, -0.05) is 0 Å². The van der Waals surface area contributed by atoms with E-state index in [0.717, 1.165) is 0 Å². The molecule has 14 heavy (non-hydrogen) atoms. The lowest BCUT2D eigenvalue weighted by atomic mass is 10.3. The fourth-order valence-electron chi connectivity index (χ4n) is 0.996. The zero-order valence-corrected chi connectivity index (χ0v) is 8.97. The molecule has 0 nitrogen and oxygen atoms in total. The summed E-state index contributed by atoms with van der Waals surface area (Å²) in [5.41, 5.74) is 1.36. The van der Waals surface area contributed by atoms with Gasteiger partial charge in [0.1, 0.15) is 0 Å². The van der Waals surface area contributed by atoms with Gasteiger partial charge in [0.2, 0.25) is 21.1 Å². The number of rotatable bonds is 0. The van der Waals surface area contributed by atoms with E-state index in [1.165, 1.54) is 15.3 Å². The minimum Gasteiger partial charge on any atom is -0.418 e. The van der Waals surface area contributed by atoms with Gasteiger partial charge in [0.25, 0.3) is 0 Å². The molecule has 0 spiro atoms. The average molecular weight is 226 g/mol. The van der Waals surface area contributed by atoms with Crippen LogP contribution in [0.4, 0.5) is 17.3 Å². The molecule has 0 unspecified atom stereocenters. The van der Waals surface area contributed by atoms with Crippen molar-refractivity contribution in [3.05, 3.63) is 27.5 Å². The van der Waals surface area contributed by atoms with Crippen LogP contribution in [0.5, 0.6) is 0 Å². The van der Waals surface area contributed by atoms with Crippen LogP contribution in [0.3, 0.4) is 0 Å². The third kappa shape index (κ3) is 9.44. The summed E-state index contributed by atoms with van der Waals surface area (Å²) in [7, 11) is -6.00. The Balaban J connectivity index is 0.000000292. The van der Waals surface area contributed by atoms with Crippen molar-refractivity contribution in [2.24, 2.45) is 0 Å². The quantitative estimate of drug-likeness (QED) is 0.352. The maximum atomic E-state index is 9.75. The molecule has 0 amide bonds. The third-order valence-corrected chi connectivity index (χ3v) is 2.06. The standard InChI is InChI=1S/C8H11S.BF4/c1-6-4-7(2)9-8(3)5-6;2-1(3,4)5/h4-5H,1-3H3;/q+1;-1. The van der Waals surface area contributed by atoms with Crippen molar-refractivity contribution in [1.82, 2.24) is 0 Å². The molecule has 0 fully saturated rings. The summed E-state index contributed by atoms with van der Waals surface area (Å²) in [4.78, 5) is 2.79. The van der Waals surface area contributed by atoms with Crippen LogP contribution in [0.25, 0.3) is 0 Å². The molecule has 0 bridgehead atoms. The summed E-state index contributed by atoms with van der Waals surface area (Å²) in [5, 5.41) is 0. The Kier molecular flexibility index (Phi) is 5.05. The Morgan fingerprint density at radius 2 is 1.21 bits per heavy atom. The van der Waals surface area contributed by atoms with E-state index in [-0.39, 0.29) is 0 Å². The first kappa shape index (κ1) is 13.4. The highest BCUT2D eigenvalue weighted by Gasteiger charge is 2.20. The van der Waals surface area contributed by atoms with E-state index in [1.54, 1.807) is 0 Å². The molecule has 0 aliphatic carbocycles. The number of aryl methyl sites for hydroxylation is 3. The Hall–Kier alpha value is -0.645. The number of hydrogen-bond donors (Lipinski definition) is 0.